The van der Waals surface area contributed by atoms with E-state index in [4.69, 9.17) is 23.1 Å². The van der Waals surface area contributed by atoms with Crippen LogP contribution >= 0.6 is 23.4 Å². The van der Waals surface area contributed by atoms with Crippen LogP contribution in [0.25, 0.3) is 10.9 Å². The molecular weight excluding hydrogens is 741 g/mol. The number of H-pyrrole nitrogens is 1. The normalized spacial score (nSPS) is 19.2. The van der Waals surface area contributed by atoms with Crippen LogP contribution < -0.4 is 27.4 Å². The van der Waals surface area contributed by atoms with Crippen molar-refractivity contribution in [2.75, 3.05) is 20.1 Å². The average Bonchev–Trinajstić information content (AvgIpc) is 3.56. The van der Waals surface area contributed by atoms with Crippen molar-refractivity contribution in [3.05, 3.63) is 88.3 Å². The maximum Gasteiger partial charge on any atom is 0.416 e. The molecule has 0 bridgehead atoms. The third-order valence-electron chi connectivity index (χ3n) is 9.51. The number of likely N-dealkylation sites (N-methyl/N-ethyl adjacent to an activating group) is 1. The van der Waals surface area contributed by atoms with Gasteiger partial charge in [0.25, 0.3) is 0 Å². The number of hydrogen-bond acceptors (Lipinski definition) is 8. The first kappa shape index (κ1) is 41.0. The number of amides is 3. The van der Waals surface area contributed by atoms with Crippen LogP contribution in [-0.4, -0.2) is 70.9 Å². The lowest BCUT2D eigenvalue weighted by Crippen LogP contribution is -2.57. The molecule has 11 nitrogen and oxygen atoms in total. The van der Waals surface area contributed by atoms with Crippen LogP contribution in [0.15, 0.2) is 70.7 Å². The molecule has 16 heteroatoms. The Morgan fingerprint density at radius 2 is 1.67 bits per heavy atom. The van der Waals surface area contributed by atoms with E-state index < -0.39 is 47.6 Å². The second-order valence-electron chi connectivity index (χ2n) is 13.3. The molecule has 0 saturated carbocycles. The summed E-state index contributed by atoms with van der Waals surface area (Å²) in [6.07, 6.45) is 1.88. The molecule has 0 fully saturated rings. The van der Waals surface area contributed by atoms with Gasteiger partial charge in [-0.1, -0.05) is 48.0 Å². The molecule has 4 aromatic rings. The van der Waals surface area contributed by atoms with E-state index in [0.29, 0.717) is 60.7 Å². The van der Waals surface area contributed by atoms with Gasteiger partial charge >= 0.3 is 6.18 Å². The number of para-hydroxylation sites is 1. The van der Waals surface area contributed by atoms with E-state index in [0.717, 1.165) is 40.4 Å². The highest BCUT2D eigenvalue weighted by Crippen LogP contribution is 2.41. The second kappa shape index (κ2) is 18.9. The molecule has 5 rings (SSSR count). The van der Waals surface area contributed by atoms with Gasteiger partial charge in [-0.3, -0.25) is 19.4 Å². The lowest BCUT2D eigenvalue weighted by atomic mass is 10.0. The predicted octanol–water partition coefficient (Wildman–Crippen LogP) is 5.29. The monoisotopic (exact) mass is 786 g/mol. The second-order valence-corrected chi connectivity index (χ2v) is 14.8. The maximum atomic E-state index is 14.4. The topological polar surface area (TPSA) is 171 Å². The number of fused-ring (bicyclic) bond motifs is 3. The number of nitrogens with one attached hydrogen (secondary N) is 4. The van der Waals surface area contributed by atoms with E-state index >= 15 is 0 Å². The number of benzene rings is 2. The van der Waals surface area contributed by atoms with Gasteiger partial charge in [0, 0.05) is 59.6 Å². The number of pyridine rings is 1. The number of carbonyl (C=O) groups is 3. The number of carbonyl (C=O) groups excluding carboxylic acids is 3. The standard InChI is InChI=1S/C38H46ClF3N8O3S/c1-50-32(18-23-20-46-28-10-3-2-9-26(23)28)36(52)48-21-24-17-25(38(40,41)42)19-27(39)34(24)54-33-13-8-16-45-31(33)22-47-29(11-4-6-14-43)35(51)49-30(37(50)53)12-5-7-15-44/h2-3,8-10,13,16-17,19-20,29-30,32,46-47H,4-7,11-12,14-15,18,21-22,43-44H2,1H3,(H,48,52)(H,49,51)/t29-,30-,32-/m0/s1. The molecule has 3 heterocycles. The molecule has 3 amide bonds. The molecule has 0 saturated heterocycles. The quantitative estimate of drug-likeness (QED) is 0.118. The number of nitrogens with two attached hydrogens (primary N) is 2. The molecule has 0 unspecified atom stereocenters. The lowest BCUT2D eigenvalue weighted by molar-refractivity contribution is -0.142. The van der Waals surface area contributed by atoms with Crippen molar-refractivity contribution >= 4 is 52.0 Å². The minimum absolute atomic E-state index is 0.0782. The van der Waals surface area contributed by atoms with Gasteiger partial charge in [0.1, 0.15) is 12.1 Å². The van der Waals surface area contributed by atoms with Crippen molar-refractivity contribution in [1.29, 1.82) is 0 Å². The fourth-order valence-electron chi connectivity index (χ4n) is 6.49. The number of halogens is 4. The van der Waals surface area contributed by atoms with Crippen LogP contribution in [0.5, 0.6) is 0 Å². The summed E-state index contributed by atoms with van der Waals surface area (Å²) >= 11 is 7.70. The third-order valence-corrected chi connectivity index (χ3v) is 11.2. The van der Waals surface area contributed by atoms with Crippen molar-refractivity contribution in [2.24, 2.45) is 11.5 Å². The van der Waals surface area contributed by atoms with Crippen LogP contribution in [-0.2, 0) is 40.1 Å². The van der Waals surface area contributed by atoms with Crippen molar-refractivity contribution in [1.82, 2.24) is 30.8 Å². The zero-order chi connectivity index (χ0) is 38.8. The first-order valence-electron chi connectivity index (χ1n) is 18.0. The van der Waals surface area contributed by atoms with E-state index in [1.165, 1.54) is 11.9 Å². The van der Waals surface area contributed by atoms with Crippen molar-refractivity contribution in [3.63, 3.8) is 0 Å². The Balaban J connectivity index is 1.61. The Hall–Kier alpha value is -4.15. The van der Waals surface area contributed by atoms with Gasteiger partial charge in [0.2, 0.25) is 17.7 Å². The maximum absolute atomic E-state index is 14.4. The molecule has 1 aliphatic heterocycles. The minimum Gasteiger partial charge on any atom is -0.361 e. The van der Waals surface area contributed by atoms with Gasteiger partial charge in [0.15, 0.2) is 0 Å². The van der Waals surface area contributed by atoms with Gasteiger partial charge in [-0.05, 0) is 86.7 Å². The Morgan fingerprint density at radius 1 is 0.944 bits per heavy atom. The summed E-state index contributed by atoms with van der Waals surface area (Å²) < 4.78 is 42.2. The van der Waals surface area contributed by atoms with Crippen molar-refractivity contribution in [3.8, 4) is 0 Å². The summed E-state index contributed by atoms with van der Waals surface area (Å²) in [5, 5.41) is 9.77. The van der Waals surface area contributed by atoms with Crippen molar-refractivity contribution < 1.29 is 27.6 Å². The van der Waals surface area contributed by atoms with E-state index in [9.17, 15) is 27.6 Å². The Labute approximate surface area is 321 Å². The molecule has 1 aliphatic rings. The summed E-state index contributed by atoms with van der Waals surface area (Å²) in [5.41, 5.74) is 12.8. The third kappa shape index (κ3) is 10.3. The van der Waals surface area contributed by atoms with Gasteiger partial charge in [-0.25, -0.2) is 0 Å². The fourth-order valence-corrected chi connectivity index (χ4v) is 7.88. The molecule has 0 radical (unpaired) electrons. The van der Waals surface area contributed by atoms with Gasteiger partial charge in [0.05, 0.1) is 22.3 Å². The summed E-state index contributed by atoms with van der Waals surface area (Å²) in [6, 6.07) is 9.98. The summed E-state index contributed by atoms with van der Waals surface area (Å²) in [4.78, 5) is 52.6. The highest BCUT2D eigenvalue weighted by atomic mass is 35.5. The molecule has 54 heavy (non-hydrogen) atoms. The zero-order valence-electron chi connectivity index (χ0n) is 30.0. The molecule has 0 spiro atoms. The molecule has 2 aromatic carbocycles. The first-order chi connectivity index (χ1) is 25.9. The van der Waals surface area contributed by atoms with Crippen LogP contribution in [0.1, 0.15) is 60.9 Å². The molecule has 0 aliphatic carbocycles. The Bertz CT molecular complexity index is 1930. The SMILES string of the molecule is CN1C(=O)[C@H](CCCCN)NC(=O)[C@H](CCCCN)NCc2ncccc2Sc2c(Cl)cc(C(F)(F)F)cc2CNC(=O)[C@@H]1Cc1c[nH]c2ccccc12. The fraction of sp³-hybridized carbons (Fsp3) is 0.421. The number of rotatable bonds is 10. The number of aromatic nitrogens is 2. The smallest absolute Gasteiger partial charge is 0.361 e. The van der Waals surface area contributed by atoms with E-state index in [1.807, 2.05) is 24.3 Å². The number of alkyl halides is 3. The summed E-state index contributed by atoms with van der Waals surface area (Å²) in [5.74, 6) is -1.48. The highest BCUT2D eigenvalue weighted by Gasteiger charge is 2.35. The number of hydrogen-bond donors (Lipinski definition) is 6. The van der Waals surface area contributed by atoms with Gasteiger partial charge < -0.3 is 37.3 Å². The van der Waals surface area contributed by atoms with Crippen LogP contribution in [0.2, 0.25) is 5.02 Å². The van der Waals surface area contributed by atoms with Crippen molar-refractivity contribution in [2.45, 2.75) is 92.1 Å². The first-order valence-corrected chi connectivity index (χ1v) is 19.1. The van der Waals surface area contributed by atoms with E-state index in [-0.39, 0.29) is 36.5 Å². The van der Waals surface area contributed by atoms with Crippen LogP contribution in [0, 0.1) is 0 Å². The number of nitrogens with zero attached hydrogens (tertiary/aromatic N) is 2. The Kier molecular flexibility index (Phi) is 14.4. The van der Waals surface area contributed by atoms with Gasteiger partial charge in [-0.2, -0.15) is 13.2 Å². The van der Waals surface area contributed by atoms with E-state index in [1.54, 1.807) is 24.5 Å². The predicted molar refractivity (Wildman–Crippen MR) is 204 cm³/mol. The summed E-state index contributed by atoms with van der Waals surface area (Å²) in [6.45, 7) is 0.652. The van der Waals surface area contributed by atoms with Crippen LogP contribution in [0.3, 0.4) is 0 Å². The lowest BCUT2D eigenvalue weighted by Gasteiger charge is -2.32. The molecule has 3 atom stereocenters. The van der Waals surface area contributed by atoms with Crippen LogP contribution in [0.4, 0.5) is 13.2 Å². The number of aromatic amines is 1. The zero-order valence-corrected chi connectivity index (χ0v) is 31.6. The number of unbranched alkanes of at least 4 members (excludes halogenated alkanes) is 2. The Morgan fingerprint density at radius 3 is 2.39 bits per heavy atom. The largest absolute Gasteiger partial charge is 0.416 e. The minimum atomic E-state index is -4.70. The summed E-state index contributed by atoms with van der Waals surface area (Å²) in [7, 11) is 1.50. The highest BCUT2D eigenvalue weighted by molar-refractivity contribution is 7.99. The molecular formula is C38H46ClF3N8O3S. The molecule has 2 aromatic heterocycles. The van der Waals surface area contributed by atoms with E-state index in [2.05, 4.69) is 25.9 Å². The average molecular weight is 787 g/mol. The molecule has 290 valence electrons. The molecule has 8 N–H and O–H groups in total. The van der Waals surface area contributed by atoms with Gasteiger partial charge in [-0.15, -0.1) is 0 Å².